The van der Waals surface area contributed by atoms with Gasteiger partial charge in [0.1, 0.15) is 0 Å². The van der Waals surface area contributed by atoms with Crippen LogP contribution in [-0.4, -0.2) is 4.98 Å². The summed E-state index contributed by atoms with van der Waals surface area (Å²) < 4.78 is 0. The monoisotopic (exact) mass is 210 g/mol. The van der Waals surface area contributed by atoms with Crippen LogP contribution < -0.4 is 5.73 Å². The highest BCUT2D eigenvalue weighted by Crippen LogP contribution is 2.36. The highest BCUT2D eigenvalue weighted by Gasteiger charge is 2.22. The molecule has 0 aliphatic heterocycles. The molecule has 1 unspecified atom stereocenters. The third-order valence-electron chi connectivity index (χ3n) is 2.79. The van der Waals surface area contributed by atoms with Crippen molar-refractivity contribution in [1.29, 1.82) is 0 Å². The zero-order valence-corrected chi connectivity index (χ0v) is 8.87. The Hall–Kier alpha value is -0.600. The minimum atomic E-state index is 0.0751. The zero-order chi connectivity index (χ0) is 9.97. The number of rotatable bonds is 4. The zero-order valence-electron chi connectivity index (χ0n) is 8.12. The van der Waals surface area contributed by atoms with Gasteiger partial charge in [0.15, 0.2) is 0 Å². The molecule has 0 saturated heterocycles. The first kappa shape index (κ1) is 9.94. The number of aromatic nitrogens is 1. The van der Waals surface area contributed by atoms with Crippen LogP contribution in [0.15, 0.2) is 18.5 Å². The lowest BCUT2D eigenvalue weighted by Crippen LogP contribution is -2.11. The lowest BCUT2D eigenvalue weighted by molar-refractivity contribution is 0.575. The van der Waals surface area contributed by atoms with Gasteiger partial charge in [-0.2, -0.15) is 0 Å². The first-order chi connectivity index (χ1) is 6.77. The number of hydrogen-bond acceptors (Lipinski definition) is 2. The number of nitrogens with zero attached hydrogens (tertiary/aromatic N) is 1. The topological polar surface area (TPSA) is 38.9 Å². The van der Waals surface area contributed by atoms with E-state index in [0.717, 1.165) is 17.9 Å². The van der Waals surface area contributed by atoms with Crippen molar-refractivity contribution in [3.63, 3.8) is 0 Å². The molecular weight excluding hydrogens is 196 g/mol. The Kier molecular flexibility index (Phi) is 3.04. The smallest absolute Gasteiger partial charge is 0.0637 e. The fourth-order valence-electron chi connectivity index (χ4n) is 1.66. The SMILES string of the molecule is NC(CCC1CC1)c1ccncc1Cl. The molecule has 2 nitrogen and oxygen atoms in total. The van der Waals surface area contributed by atoms with Crippen molar-refractivity contribution in [3.05, 3.63) is 29.0 Å². The van der Waals surface area contributed by atoms with Crippen LogP contribution in [0.5, 0.6) is 0 Å². The second-order valence-corrected chi connectivity index (χ2v) is 4.43. The summed E-state index contributed by atoms with van der Waals surface area (Å²) in [6.07, 6.45) is 8.45. The fraction of sp³-hybridized carbons (Fsp3) is 0.545. The van der Waals surface area contributed by atoms with Crippen LogP contribution in [-0.2, 0) is 0 Å². The molecule has 1 aliphatic carbocycles. The summed E-state index contributed by atoms with van der Waals surface area (Å²) in [5, 5.41) is 0.691. The third-order valence-corrected chi connectivity index (χ3v) is 3.10. The first-order valence-electron chi connectivity index (χ1n) is 5.12. The molecule has 76 valence electrons. The molecule has 14 heavy (non-hydrogen) atoms. The Morgan fingerprint density at radius 2 is 2.36 bits per heavy atom. The van der Waals surface area contributed by atoms with E-state index < -0.39 is 0 Å². The molecule has 3 heteroatoms. The van der Waals surface area contributed by atoms with Crippen LogP contribution in [0.4, 0.5) is 0 Å². The van der Waals surface area contributed by atoms with Crippen molar-refractivity contribution in [2.45, 2.75) is 31.7 Å². The Bertz CT molecular complexity index is 310. The van der Waals surface area contributed by atoms with E-state index in [0.29, 0.717) is 5.02 Å². The number of hydrogen-bond donors (Lipinski definition) is 1. The minimum absolute atomic E-state index is 0.0751. The van der Waals surface area contributed by atoms with E-state index in [4.69, 9.17) is 17.3 Å². The maximum Gasteiger partial charge on any atom is 0.0637 e. The van der Waals surface area contributed by atoms with Crippen LogP contribution >= 0.6 is 11.6 Å². The Balaban J connectivity index is 1.95. The molecule has 1 fully saturated rings. The molecule has 0 amide bonds. The van der Waals surface area contributed by atoms with Gasteiger partial charge in [-0.1, -0.05) is 24.4 Å². The predicted molar refractivity (Wildman–Crippen MR) is 58.1 cm³/mol. The van der Waals surface area contributed by atoms with Crippen molar-refractivity contribution in [2.24, 2.45) is 11.7 Å². The first-order valence-corrected chi connectivity index (χ1v) is 5.50. The molecule has 1 atom stereocenters. The van der Waals surface area contributed by atoms with Crippen LogP contribution in [0, 0.1) is 5.92 Å². The summed E-state index contributed by atoms with van der Waals surface area (Å²) >= 11 is 6.01. The minimum Gasteiger partial charge on any atom is -0.324 e. The quantitative estimate of drug-likeness (QED) is 0.830. The van der Waals surface area contributed by atoms with Crippen molar-refractivity contribution in [2.75, 3.05) is 0 Å². The largest absolute Gasteiger partial charge is 0.324 e. The summed E-state index contributed by atoms with van der Waals surface area (Å²) in [4.78, 5) is 3.95. The standard InChI is InChI=1S/C11H15ClN2/c12-10-7-14-6-5-9(10)11(13)4-3-8-1-2-8/h5-8,11H,1-4,13H2. The molecular formula is C11H15ClN2. The second-order valence-electron chi connectivity index (χ2n) is 4.02. The van der Waals surface area contributed by atoms with E-state index in [-0.39, 0.29) is 6.04 Å². The van der Waals surface area contributed by atoms with Gasteiger partial charge in [-0.15, -0.1) is 0 Å². The molecule has 1 heterocycles. The summed E-state index contributed by atoms with van der Waals surface area (Å²) in [5.41, 5.74) is 7.09. The average molecular weight is 211 g/mol. The van der Waals surface area contributed by atoms with Gasteiger partial charge in [0.25, 0.3) is 0 Å². The molecule has 2 N–H and O–H groups in total. The van der Waals surface area contributed by atoms with E-state index in [1.54, 1.807) is 12.4 Å². The van der Waals surface area contributed by atoms with Crippen LogP contribution in [0.2, 0.25) is 5.02 Å². The highest BCUT2D eigenvalue weighted by molar-refractivity contribution is 6.31. The Labute approximate surface area is 89.5 Å². The second kappa shape index (κ2) is 4.28. The molecule has 0 radical (unpaired) electrons. The lowest BCUT2D eigenvalue weighted by Gasteiger charge is -2.12. The van der Waals surface area contributed by atoms with Crippen LogP contribution in [0.1, 0.15) is 37.3 Å². The van der Waals surface area contributed by atoms with Crippen LogP contribution in [0.3, 0.4) is 0 Å². The van der Waals surface area contributed by atoms with E-state index in [9.17, 15) is 0 Å². The summed E-state index contributed by atoms with van der Waals surface area (Å²) in [7, 11) is 0. The predicted octanol–water partition coefficient (Wildman–Crippen LogP) is 2.93. The maximum atomic E-state index is 6.06. The van der Waals surface area contributed by atoms with Gasteiger partial charge in [-0.3, -0.25) is 4.98 Å². The highest BCUT2D eigenvalue weighted by atomic mass is 35.5. The van der Waals surface area contributed by atoms with E-state index in [2.05, 4.69) is 4.98 Å². The van der Waals surface area contributed by atoms with E-state index >= 15 is 0 Å². The van der Waals surface area contributed by atoms with E-state index in [1.807, 2.05) is 6.07 Å². The molecule has 1 aromatic heterocycles. The maximum absolute atomic E-state index is 6.06. The van der Waals surface area contributed by atoms with E-state index in [1.165, 1.54) is 19.3 Å². The number of nitrogens with two attached hydrogens (primary N) is 1. The van der Waals surface area contributed by atoms with Crippen molar-refractivity contribution < 1.29 is 0 Å². The molecule has 1 aliphatic rings. The van der Waals surface area contributed by atoms with Gasteiger partial charge < -0.3 is 5.73 Å². The van der Waals surface area contributed by atoms with Gasteiger partial charge in [0.05, 0.1) is 5.02 Å². The van der Waals surface area contributed by atoms with Gasteiger partial charge in [-0.25, -0.2) is 0 Å². The Morgan fingerprint density at radius 1 is 1.57 bits per heavy atom. The van der Waals surface area contributed by atoms with Gasteiger partial charge >= 0.3 is 0 Å². The average Bonchev–Trinajstić information content (AvgIpc) is 2.98. The van der Waals surface area contributed by atoms with Gasteiger partial charge in [0, 0.05) is 18.4 Å². The fourth-order valence-corrected chi connectivity index (χ4v) is 1.92. The summed E-state index contributed by atoms with van der Waals surface area (Å²) in [6.45, 7) is 0. The molecule has 1 aromatic rings. The van der Waals surface area contributed by atoms with Crippen molar-refractivity contribution >= 4 is 11.6 Å². The molecule has 0 aromatic carbocycles. The van der Waals surface area contributed by atoms with Crippen molar-refractivity contribution in [1.82, 2.24) is 4.98 Å². The van der Waals surface area contributed by atoms with Crippen LogP contribution in [0.25, 0.3) is 0 Å². The third kappa shape index (κ3) is 2.46. The molecule has 1 saturated carbocycles. The van der Waals surface area contributed by atoms with Crippen molar-refractivity contribution in [3.8, 4) is 0 Å². The molecule has 0 bridgehead atoms. The summed E-state index contributed by atoms with van der Waals surface area (Å²) in [5.74, 6) is 0.932. The number of pyridine rings is 1. The molecule has 0 spiro atoms. The van der Waals surface area contributed by atoms with Gasteiger partial charge in [0.2, 0.25) is 0 Å². The number of halogens is 1. The van der Waals surface area contributed by atoms with Gasteiger partial charge in [-0.05, 0) is 30.4 Å². The normalized spacial score (nSPS) is 18.1. The molecule has 2 rings (SSSR count). The Morgan fingerprint density at radius 3 is 3.00 bits per heavy atom. The summed E-state index contributed by atoms with van der Waals surface area (Å²) in [6, 6.07) is 1.99. The lowest BCUT2D eigenvalue weighted by atomic mass is 10.0.